The van der Waals surface area contributed by atoms with Gasteiger partial charge in [-0.25, -0.2) is 0 Å². The van der Waals surface area contributed by atoms with Crippen molar-refractivity contribution in [3.63, 3.8) is 0 Å². The molecule has 4 N–H and O–H groups in total. The minimum absolute atomic E-state index is 0.0811. The fourth-order valence-electron chi connectivity index (χ4n) is 2.35. The molecule has 2 unspecified atom stereocenters. The van der Waals surface area contributed by atoms with E-state index in [-0.39, 0.29) is 17.7 Å². The summed E-state index contributed by atoms with van der Waals surface area (Å²) in [5, 5.41) is 6.00. The van der Waals surface area contributed by atoms with Crippen LogP contribution >= 0.6 is 0 Å². The summed E-state index contributed by atoms with van der Waals surface area (Å²) in [7, 11) is 1.51. The molecular weight excluding hydrogens is 258 g/mol. The molecule has 108 valence electrons. The van der Waals surface area contributed by atoms with E-state index in [4.69, 9.17) is 10.5 Å². The van der Waals surface area contributed by atoms with E-state index in [2.05, 4.69) is 10.6 Å². The van der Waals surface area contributed by atoms with Crippen LogP contribution in [0.2, 0.25) is 0 Å². The molecule has 0 radical (unpaired) electrons. The second-order valence-corrected chi connectivity index (χ2v) is 5.01. The quantitative estimate of drug-likeness (QED) is 0.751. The molecule has 0 bridgehead atoms. The Morgan fingerprint density at radius 1 is 1.40 bits per heavy atom. The average Bonchev–Trinajstić information content (AvgIpc) is 2.84. The highest BCUT2D eigenvalue weighted by Gasteiger charge is 2.30. The van der Waals surface area contributed by atoms with Crippen molar-refractivity contribution in [3.8, 4) is 5.75 Å². The molecule has 2 atom stereocenters. The molecule has 1 saturated heterocycles. The first-order valence-corrected chi connectivity index (χ1v) is 6.52. The second-order valence-electron chi connectivity index (χ2n) is 5.01. The number of benzene rings is 1. The van der Waals surface area contributed by atoms with Gasteiger partial charge in [-0.1, -0.05) is 6.92 Å². The van der Waals surface area contributed by atoms with Crippen molar-refractivity contribution in [3.05, 3.63) is 23.8 Å². The average molecular weight is 277 g/mol. The largest absolute Gasteiger partial charge is 0.495 e. The first kappa shape index (κ1) is 14.3. The summed E-state index contributed by atoms with van der Waals surface area (Å²) in [5.41, 5.74) is 6.04. The fourth-order valence-corrected chi connectivity index (χ4v) is 2.35. The van der Waals surface area contributed by atoms with Gasteiger partial charge in [-0.3, -0.25) is 9.59 Å². The number of methoxy groups -OCH3 is 1. The van der Waals surface area contributed by atoms with Crippen molar-refractivity contribution < 1.29 is 14.3 Å². The molecule has 1 aliphatic heterocycles. The summed E-state index contributed by atoms with van der Waals surface area (Å²) < 4.78 is 5.19. The number of hydrogen-bond acceptors (Lipinski definition) is 4. The van der Waals surface area contributed by atoms with Crippen LogP contribution in [-0.4, -0.2) is 32.0 Å². The zero-order chi connectivity index (χ0) is 14.7. The molecular formula is C14H19N3O3. The van der Waals surface area contributed by atoms with Crippen LogP contribution < -0.4 is 21.1 Å². The van der Waals surface area contributed by atoms with E-state index in [0.717, 1.165) is 6.54 Å². The van der Waals surface area contributed by atoms with Gasteiger partial charge in [0.2, 0.25) is 11.8 Å². The van der Waals surface area contributed by atoms with Gasteiger partial charge in [-0.05, 0) is 30.7 Å². The van der Waals surface area contributed by atoms with Crippen LogP contribution in [0, 0.1) is 11.8 Å². The number of carbonyl (C=O) groups excluding carboxylic acids is 2. The van der Waals surface area contributed by atoms with E-state index in [0.29, 0.717) is 23.5 Å². The number of nitrogens with one attached hydrogen (secondary N) is 2. The van der Waals surface area contributed by atoms with Crippen LogP contribution in [0.5, 0.6) is 5.75 Å². The van der Waals surface area contributed by atoms with Crippen LogP contribution in [-0.2, 0) is 4.79 Å². The number of amides is 2. The van der Waals surface area contributed by atoms with E-state index in [1.54, 1.807) is 12.1 Å². The Hall–Kier alpha value is -2.08. The highest BCUT2D eigenvalue weighted by atomic mass is 16.5. The second kappa shape index (κ2) is 5.92. The van der Waals surface area contributed by atoms with Crippen molar-refractivity contribution in [1.82, 2.24) is 5.32 Å². The summed E-state index contributed by atoms with van der Waals surface area (Å²) in [6.45, 7) is 3.52. The first-order chi connectivity index (χ1) is 9.52. The first-order valence-electron chi connectivity index (χ1n) is 6.52. The highest BCUT2D eigenvalue weighted by Crippen LogP contribution is 2.27. The minimum atomic E-state index is -0.543. The van der Waals surface area contributed by atoms with E-state index >= 15 is 0 Å². The summed E-state index contributed by atoms with van der Waals surface area (Å²) in [6, 6.07) is 4.72. The lowest BCUT2D eigenvalue weighted by atomic mass is 9.97. The zero-order valence-corrected chi connectivity index (χ0v) is 11.6. The Morgan fingerprint density at radius 3 is 2.70 bits per heavy atom. The minimum Gasteiger partial charge on any atom is -0.495 e. The lowest BCUT2D eigenvalue weighted by Crippen LogP contribution is -2.28. The van der Waals surface area contributed by atoms with Crippen LogP contribution in [0.15, 0.2) is 18.2 Å². The van der Waals surface area contributed by atoms with E-state index in [9.17, 15) is 9.59 Å². The SMILES string of the molecule is COc1ccc(C(N)=O)cc1NC(=O)C1CNCC1C. The highest BCUT2D eigenvalue weighted by molar-refractivity contribution is 5.98. The molecule has 6 heteroatoms. The number of rotatable bonds is 4. The molecule has 1 heterocycles. The van der Waals surface area contributed by atoms with Gasteiger partial charge >= 0.3 is 0 Å². The van der Waals surface area contributed by atoms with Crippen LogP contribution in [0.25, 0.3) is 0 Å². The van der Waals surface area contributed by atoms with Gasteiger partial charge in [-0.15, -0.1) is 0 Å². The maximum atomic E-state index is 12.3. The Labute approximate surface area is 117 Å². The van der Waals surface area contributed by atoms with Crippen molar-refractivity contribution >= 4 is 17.5 Å². The summed E-state index contributed by atoms with van der Waals surface area (Å²) in [5.74, 6) is 0.0701. The van der Waals surface area contributed by atoms with Crippen molar-refractivity contribution in [2.75, 3.05) is 25.5 Å². The molecule has 1 aromatic carbocycles. The smallest absolute Gasteiger partial charge is 0.248 e. The van der Waals surface area contributed by atoms with Crippen LogP contribution in [0.1, 0.15) is 17.3 Å². The molecule has 0 spiro atoms. The molecule has 0 aromatic heterocycles. The normalized spacial score (nSPS) is 21.5. The molecule has 1 aromatic rings. The zero-order valence-electron chi connectivity index (χ0n) is 11.6. The van der Waals surface area contributed by atoms with Gasteiger partial charge in [0.25, 0.3) is 0 Å². The molecule has 2 amide bonds. The molecule has 1 fully saturated rings. The number of ether oxygens (including phenoxy) is 1. The van der Waals surface area contributed by atoms with Crippen molar-refractivity contribution in [2.45, 2.75) is 6.92 Å². The van der Waals surface area contributed by atoms with E-state index in [1.807, 2.05) is 6.92 Å². The van der Waals surface area contributed by atoms with E-state index < -0.39 is 5.91 Å². The van der Waals surface area contributed by atoms with Gasteiger partial charge < -0.3 is 21.1 Å². The number of hydrogen-bond donors (Lipinski definition) is 3. The third-order valence-electron chi connectivity index (χ3n) is 3.60. The maximum Gasteiger partial charge on any atom is 0.248 e. The van der Waals surface area contributed by atoms with E-state index in [1.165, 1.54) is 13.2 Å². The molecule has 6 nitrogen and oxygen atoms in total. The lowest BCUT2D eigenvalue weighted by Gasteiger charge is -2.16. The Kier molecular flexibility index (Phi) is 4.24. The number of anilines is 1. The summed E-state index contributed by atoms with van der Waals surface area (Å²) >= 11 is 0. The third-order valence-corrected chi connectivity index (χ3v) is 3.60. The topological polar surface area (TPSA) is 93.4 Å². The Balaban J connectivity index is 2.20. The van der Waals surface area contributed by atoms with Gasteiger partial charge in [0.15, 0.2) is 0 Å². The lowest BCUT2D eigenvalue weighted by molar-refractivity contribution is -0.120. The van der Waals surface area contributed by atoms with Crippen molar-refractivity contribution in [2.24, 2.45) is 17.6 Å². The number of nitrogens with two attached hydrogens (primary N) is 1. The van der Waals surface area contributed by atoms with Gasteiger partial charge in [0, 0.05) is 12.1 Å². The standard InChI is InChI=1S/C14H19N3O3/c1-8-6-16-7-10(8)14(19)17-11-5-9(13(15)18)3-4-12(11)20-2/h3-5,8,10,16H,6-7H2,1-2H3,(H2,15,18)(H,17,19). The fraction of sp³-hybridized carbons (Fsp3) is 0.429. The summed E-state index contributed by atoms with van der Waals surface area (Å²) in [6.07, 6.45) is 0. The number of carbonyl (C=O) groups is 2. The van der Waals surface area contributed by atoms with Crippen molar-refractivity contribution in [1.29, 1.82) is 0 Å². The van der Waals surface area contributed by atoms with Crippen LogP contribution in [0.4, 0.5) is 5.69 Å². The molecule has 0 aliphatic carbocycles. The molecule has 0 saturated carbocycles. The van der Waals surface area contributed by atoms with Gasteiger partial charge in [0.1, 0.15) is 5.75 Å². The third kappa shape index (κ3) is 2.91. The Bertz CT molecular complexity index is 530. The molecule has 2 rings (SSSR count). The maximum absolute atomic E-state index is 12.3. The van der Waals surface area contributed by atoms with Crippen LogP contribution in [0.3, 0.4) is 0 Å². The Morgan fingerprint density at radius 2 is 2.15 bits per heavy atom. The van der Waals surface area contributed by atoms with Gasteiger partial charge in [0.05, 0.1) is 18.7 Å². The number of primary amides is 1. The monoisotopic (exact) mass is 277 g/mol. The predicted molar refractivity (Wildman–Crippen MR) is 75.7 cm³/mol. The van der Waals surface area contributed by atoms with Gasteiger partial charge in [-0.2, -0.15) is 0 Å². The predicted octanol–water partition coefficient (Wildman–Crippen LogP) is 0.588. The summed E-state index contributed by atoms with van der Waals surface area (Å²) in [4.78, 5) is 23.5. The molecule has 20 heavy (non-hydrogen) atoms. The molecule has 1 aliphatic rings.